The summed E-state index contributed by atoms with van der Waals surface area (Å²) in [5, 5.41) is 3.33. The van der Waals surface area contributed by atoms with Crippen molar-refractivity contribution in [3.63, 3.8) is 0 Å². The Kier molecular flexibility index (Phi) is 4.15. The van der Waals surface area contributed by atoms with Gasteiger partial charge in [0.1, 0.15) is 6.04 Å². The monoisotopic (exact) mass is 228 g/mol. The lowest BCUT2D eigenvalue weighted by atomic mass is 10.2. The number of methoxy groups -OCH3 is 1. The smallest absolute Gasteiger partial charge is 0.324 e. The van der Waals surface area contributed by atoms with Crippen LogP contribution >= 0.6 is 0 Å². The first-order valence-electron chi connectivity index (χ1n) is 5.93. The molecule has 1 heterocycles. The van der Waals surface area contributed by atoms with Gasteiger partial charge in [0, 0.05) is 25.7 Å². The van der Waals surface area contributed by atoms with E-state index in [4.69, 9.17) is 9.47 Å². The Morgan fingerprint density at radius 2 is 2.19 bits per heavy atom. The molecule has 1 unspecified atom stereocenters. The molecule has 0 amide bonds. The van der Waals surface area contributed by atoms with Gasteiger partial charge in [-0.05, 0) is 12.8 Å². The average Bonchev–Trinajstić information content (AvgIpc) is 3.12. The van der Waals surface area contributed by atoms with Gasteiger partial charge in [0.2, 0.25) is 0 Å². The Morgan fingerprint density at radius 3 is 2.75 bits per heavy atom. The lowest BCUT2D eigenvalue weighted by Crippen LogP contribution is -2.50. The third-order valence-electron chi connectivity index (χ3n) is 3.04. The number of carbonyl (C=O) groups excluding carboxylic acids is 1. The van der Waals surface area contributed by atoms with Crippen molar-refractivity contribution < 1.29 is 14.3 Å². The molecule has 0 bridgehead atoms. The number of hydrogen-bond acceptors (Lipinski definition) is 5. The van der Waals surface area contributed by atoms with Crippen molar-refractivity contribution in [1.29, 1.82) is 0 Å². The highest BCUT2D eigenvalue weighted by Crippen LogP contribution is 2.19. The van der Waals surface area contributed by atoms with Crippen LogP contribution < -0.4 is 5.32 Å². The van der Waals surface area contributed by atoms with Crippen LogP contribution in [0, 0.1) is 0 Å². The van der Waals surface area contributed by atoms with Crippen LogP contribution in [0.4, 0.5) is 0 Å². The highest BCUT2D eigenvalue weighted by atomic mass is 16.5. The maximum atomic E-state index is 11.6. The molecule has 1 N–H and O–H groups in total. The maximum absolute atomic E-state index is 11.6. The lowest BCUT2D eigenvalue weighted by Gasteiger charge is -2.29. The van der Waals surface area contributed by atoms with Gasteiger partial charge in [0.05, 0.1) is 20.3 Å². The van der Waals surface area contributed by atoms with Gasteiger partial charge in [-0.2, -0.15) is 0 Å². The summed E-state index contributed by atoms with van der Waals surface area (Å²) in [6, 6.07) is 0.334. The van der Waals surface area contributed by atoms with E-state index >= 15 is 0 Å². The van der Waals surface area contributed by atoms with Gasteiger partial charge in [-0.15, -0.1) is 0 Å². The Balaban J connectivity index is 1.81. The molecule has 16 heavy (non-hydrogen) atoms. The molecule has 92 valence electrons. The van der Waals surface area contributed by atoms with Crippen molar-refractivity contribution in [2.75, 3.05) is 40.0 Å². The van der Waals surface area contributed by atoms with Crippen molar-refractivity contribution in [2.24, 2.45) is 0 Å². The van der Waals surface area contributed by atoms with Crippen LogP contribution in [0.15, 0.2) is 0 Å². The molecule has 2 aliphatic rings. The van der Waals surface area contributed by atoms with Crippen LogP contribution in [0.1, 0.15) is 12.8 Å². The topological polar surface area (TPSA) is 50.8 Å². The van der Waals surface area contributed by atoms with E-state index in [1.165, 1.54) is 20.0 Å². The third-order valence-corrected chi connectivity index (χ3v) is 3.04. The van der Waals surface area contributed by atoms with Crippen LogP contribution in [0.2, 0.25) is 0 Å². The normalized spacial score (nSPS) is 24.1. The SMILES string of the molecule is COC(=O)C(CN1CCOCC1)NC1CC1. The Hall–Kier alpha value is -0.650. The van der Waals surface area contributed by atoms with Crippen LogP contribution in [-0.2, 0) is 14.3 Å². The second-order valence-corrected chi connectivity index (χ2v) is 4.43. The third kappa shape index (κ3) is 3.43. The van der Waals surface area contributed by atoms with Gasteiger partial charge in [0.25, 0.3) is 0 Å². The molecule has 1 atom stereocenters. The molecule has 1 saturated carbocycles. The van der Waals surface area contributed by atoms with Crippen LogP contribution in [-0.4, -0.2) is 62.9 Å². The first-order valence-corrected chi connectivity index (χ1v) is 5.93. The number of rotatable bonds is 5. The number of esters is 1. The summed E-state index contributed by atoms with van der Waals surface area (Å²) < 4.78 is 10.1. The summed E-state index contributed by atoms with van der Waals surface area (Å²) in [6.45, 7) is 4.06. The summed E-state index contributed by atoms with van der Waals surface area (Å²) >= 11 is 0. The van der Waals surface area contributed by atoms with Crippen molar-refractivity contribution in [3.05, 3.63) is 0 Å². The highest BCUT2D eigenvalue weighted by Gasteiger charge is 2.30. The van der Waals surface area contributed by atoms with E-state index in [1.54, 1.807) is 0 Å². The predicted molar refractivity (Wildman–Crippen MR) is 59.2 cm³/mol. The van der Waals surface area contributed by atoms with Crippen LogP contribution in [0.3, 0.4) is 0 Å². The van der Waals surface area contributed by atoms with Crippen molar-refractivity contribution in [1.82, 2.24) is 10.2 Å². The molecule has 1 aliphatic heterocycles. The average molecular weight is 228 g/mol. The molecule has 0 aromatic carbocycles. The standard InChI is InChI=1S/C11H20N2O3/c1-15-11(14)10(12-9-2-3-9)8-13-4-6-16-7-5-13/h9-10,12H,2-8H2,1H3. The summed E-state index contributed by atoms with van der Waals surface area (Å²) in [7, 11) is 1.45. The van der Waals surface area contributed by atoms with E-state index in [1.807, 2.05) is 0 Å². The van der Waals surface area contributed by atoms with E-state index < -0.39 is 0 Å². The lowest BCUT2D eigenvalue weighted by molar-refractivity contribution is -0.144. The number of nitrogens with zero attached hydrogens (tertiary/aromatic N) is 1. The molecule has 0 radical (unpaired) electrons. The summed E-state index contributed by atoms with van der Waals surface area (Å²) in [5.74, 6) is -0.154. The molecule has 2 fully saturated rings. The minimum Gasteiger partial charge on any atom is -0.468 e. The molecule has 0 aromatic heterocycles. The number of nitrogens with one attached hydrogen (secondary N) is 1. The molecular formula is C11H20N2O3. The predicted octanol–water partition coefficient (Wildman–Crippen LogP) is -0.388. The van der Waals surface area contributed by atoms with Gasteiger partial charge in [-0.1, -0.05) is 0 Å². The van der Waals surface area contributed by atoms with Gasteiger partial charge in [0.15, 0.2) is 0 Å². The molecule has 0 spiro atoms. The second-order valence-electron chi connectivity index (χ2n) is 4.43. The van der Waals surface area contributed by atoms with Gasteiger partial charge < -0.3 is 14.8 Å². The number of morpholine rings is 1. The Bertz CT molecular complexity index is 237. The van der Waals surface area contributed by atoms with E-state index in [0.717, 1.165) is 32.8 Å². The maximum Gasteiger partial charge on any atom is 0.324 e. The quantitative estimate of drug-likeness (QED) is 0.650. The second kappa shape index (κ2) is 5.61. The highest BCUT2D eigenvalue weighted by molar-refractivity contribution is 5.76. The number of ether oxygens (including phenoxy) is 2. The van der Waals surface area contributed by atoms with Gasteiger partial charge in [-0.25, -0.2) is 0 Å². The molecule has 1 aliphatic carbocycles. The van der Waals surface area contributed by atoms with E-state index in [0.29, 0.717) is 6.04 Å². The van der Waals surface area contributed by atoms with Crippen molar-refractivity contribution in [3.8, 4) is 0 Å². The zero-order chi connectivity index (χ0) is 11.4. The fourth-order valence-electron chi connectivity index (χ4n) is 1.91. The Morgan fingerprint density at radius 1 is 1.50 bits per heavy atom. The molecule has 1 saturated heterocycles. The van der Waals surface area contributed by atoms with E-state index in [9.17, 15) is 4.79 Å². The summed E-state index contributed by atoms with van der Waals surface area (Å²) in [6.07, 6.45) is 2.35. The van der Waals surface area contributed by atoms with Crippen molar-refractivity contribution >= 4 is 5.97 Å². The minimum absolute atomic E-state index is 0.154. The van der Waals surface area contributed by atoms with E-state index in [2.05, 4.69) is 10.2 Å². The largest absolute Gasteiger partial charge is 0.468 e. The van der Waals surface area contributed by atoms with E-state index in [-0.39, 0.29) is 12.0 Å². The van der Waals surface area contributed by atoms with Crippen LogP contribution in [0.5, 0.6) is 0 Å². The first-order chi connectivity index (χ1) is 7.79. The van der Waals surface area contributed by atoms with Gasteiger partial charge >= 0.3 is 5.97 Å². The zero-order valence-electron chi connectivity index (χ0n) is 9.78. The van der Waals surface area contributed by atoms with Gasteiger partial charge in [-0.3, -0.25) is 9.69 Å². The molecule has 5 heteroatoms. The fraction of sp³-hybridized carbons (Fsp3) is 0.909. The molecule has 0 aromatic rings. The fourth-order valence-corrected chi connectivity index (χ4v) is 1.91. The van der Waals surface area contributed by atoms with Crippen LogP contribution in [0.25, 0.3) is 0 Å². The first kappa shape index (κ1) is 11.8. The summed E-state index contributed by atoms with van der Waals surface area (Å²) in [5.41, 5.74) is 0. The Labute approximate surface area is 96.1 Å². The minimum atomic E-state index is -0.185. The molecular weight excluding hydrogens is 208 g/mol. The molecule has 5 nitrogen and oxygen atoms in total. The number of carbonyl (C=O) groups is 1. The van der Waals surface area contributed by atoms with Crippen molar-refractivity contribution in [2.45, 2.75) is 24.9 Å². The summed E-state index contributed by atoms with van der Waals surface area (Å²) in [4.78, 5) is 13.9. The number of hydrogen-bond donors (Lipinski definition) is 1. The zero-order valence-corrected chi connectivity index (χ0v) is 9.78. The molecule has 2 rings (SSSR count).